The number of hydrogen-bond acceptors (Lipinski definition) is 1. The van der Waals surface area contributed by atoms with E-state index in [0.29, 0.717) is 22.2 Å². The zero-order valence-corrected chi connectivity index (χ0v) is 14.5. The van der Waals surface area contributed by atoms with Gasteiger partial charge in [0.25, 0.3) is 0 Å². The molecule has 0 N–H and O–H groups in total. The van der Waals surface area contributed by atoms with Gasteiger partial charge in [0.05, 0.1) is 15.5 Å². The van der Waals surface area contributed by atoms with E-state index >= 15 is 0 Å². The molecule has 0 spiro atoms. The summed E-state index contributed by atoms with van der Waals surface area (Å²) in [7, 11) is 0. The molecular formula is C16H19BrClFN2. The standard InChI is InChI=1S/C16H19BrClFN2/c1-16(5-2-3-6-16)10-21-14-8-11(17)12(19)9-13(14)20-15(21)4-7-18/h8-9H,2-7,10H2,1H3. The number of benzene rings is 1. The number of aromatic nitrogens is 2. The lowest BCUT2D eigenvalue weighted by Gasteiger charge is -2.25. The fourth-order valence-electron chi connectivity index (χ4n) is 3.39. The predicted molar refractivity (Wildman–Crippen MR) is 88.4 cm³/mol. The predicted octanol–water partition coefficient (Wildman–Crippen LogP) is 5.30. The van der Waals surface area contributed by atoms with Crippen LogP contribution in [0.3, 0.4) is 0 Å². The summed E-state index contributed by atoms with van der Waals surface area (Å²) in [6.45, 7) is 3.28. The van der Waals surface area contributed by atoms with Crippen LogP contribution in [0.25, 0.3) is 11.0 Å². The lowest BCUT2D eigenvalue weighted by Crippen LogP contribution is -2.21. The third-order valence-electron chi connectivity index (χ3n) is 4.54. The maximum Gasteiger partial charge on any atom is 0.139 e. The molecule has 1 aliphatic rings. The van der Waals surface area contributed by atoms with Gasteiger partial charge in [-0.05, 0) is 40.3 Å². The second-order valence-corrected chi connectivity index (χ2v) is 7.56. The normalized spacial score (nSPS) is 17.7. The molecule has 0 radical (unpaired) electrons. The minimum Gasteiger partial charge on any atom is -0.327 e. The monoisotopic (exact) mass is 372 g/mol. The Morgan fingerprint density at radius 2 is 2.10 bits per heavy atom. The summed E-state index contributed by atoms with van der Waals surface area (Å²) >= 11 is 9.20. The van der Waals surface area contributed by atoms with E-state index in [1.165, 1.54) is 31.7 Å². The third-order valence-corrected chi connectivity index (χ3v) is 5.33. The Balaban J connectivity index is 2.08. The highest BCUT2D eigenvalue weighted by Gasteiger charge is 2.30. The second kappa shape index (κ2) is 5.88. The Kier molecular flexibility index (Phi) is 4.28. The Morgan fingerprint density at radius 3 is 2.76 bits per heavy atom. The average molecular weight is 374 g/mol. The number of alkyl halides is 1. The van der Waals surface area contributed by atoms with Gasteiger partial charge in [0.15, 0.2) is 0 Å². The van der Waals surface area contributed by atoms with E-state index in [4.69, 9.17) is 11.6 Å². The van der Waals surface area contributed by atoms with Gasteiger partial charge in [0.1, 0.15) is 11.6 Å². The molecule has 1 aromatic heterocycles. The molecule has 21 heavy (non-hydrogen) atoms. The SMILES string of the molecule is CC1(Cn2c(CCCl)nc3cc(F)c(Br)cc32)CCCC1. The van der Waals surface area contributed by atoms with Gasteiger partial charge in [-0.3, -0.25) is 0 Å². The van der Waals surface area contributed by atoms with Gasteiger partial charge in [0.2, 0.25) is 0 Å². The van der Waals surface area contributed by atoms with Crippen molar-refractivity contribution >= 4 is 38.6 Å². The van der Waals surface area contributed by atoms with Crippen LogP contribution in [0.1, 0.15) is 38.4 Å². The van der Waals surface area contributed by atoms with Gasteiger partial charge in [0, 0.05) is 24.9 Å². The number of halogens is 3. The number of fused-ring (bicyclic) bond motifs is 1. The molecule has 1 saturated carbocycles. The van der Waals surface area contributed by atoms with Crippen molar-refractivity contribution in [3.05, 3.63) is 28.2 Å². The molecule has 0 atom stereocenters. The van der Waals surface area contributed by atoms with Gasteiger partial charge in [-0.2, -0.15) is 0 Å². The van der Waals surface area contributed by atoms with Crippen LogP contribution in [0.5, 0.6) is 0 Å². The van der Waals surface area contributed by atoms with E-state index in [-0.39, 0.29) is 5.82 Å². The first kappa shape index (κ1) is 15.3. The zero-order chi connectivity index (χ0) is 15.0. The summed E-state index contributed by atoms with van der Waals surface area (Å²) in [5.74, 6) is 1.23. The summed E-state index contributed by atoms with van der Waals surface area (Å²) in [6, 6.07) is 3.35. The van der Waals surface area contributed by atoms with Crippen LogP contribution in [0, 0.1) is 11.2 Å². The summed E-state index contributed by atoms with van der Waals surface area (Å²) in [5, 5.41) is 0. The molecule has 1 aromatic carbocycles. The van der Waals surface area contributed by atoms with Gasteiger partial charge in [-0.1, -0.05) is 19.8 Å². The molecule has 1 aliphatic carbocycles. The average Bonchev–Trinajstić information content (AvgIpc) is 2.98. The molecule has 114 valence electrons. The third kappa shape index (κ3) is 2.98. The van der Waals surface area contributed by atoms with Crippen molar-refractivity contribution in [1.29, 1.82) is 0 Å². The minimum atomic E-state index is -0.267. The van der Waals surface area contributed by atoms with E-state index in [2.05, 4.69) is 32.4 Å². The molecule has 2 nitrogen and oxygen atoms in total. The van der Waals surface area contributed by atoms with Crippen molar-refractivity contribution in [2.24, 2.45) is 5.41 Å². The number of aryl methyl sites for hydroxylation is 1. The fraction of sp³-hybridized carbons (Fsp3) is 0.562. The molecule has 0 amide bonds. The van der Waals surface area contributed by atoms with Crippen LogP contribution in [-0.2, 0) is 13.0 Å². The first-order valence-electron chi connectivity index (χ1n) is 7.42. The zero-order valence-electron chi connectivity index (χ0n) is 12.1. The number of nitrogens with zero attached hydrogens (tertiary/aromatic N) is 2. The summed E-state index contributed by atoms with van der Waals surface area (Å²) in [6.07, 6.45) is 5.80. The Labute approximate surface area is 137 Å². The largest absolute Gasteiger partial charge is 0.327 e. The fourth-order valence-corrected chi connectivity index (χ4v) is 3.89. The van der Waals surface area contributed by atoms with Crippen LogP contribution in [0.4, 0.5) is 4.39 Å². The van der Waals surface area contributed by atoms with Gasteiger partial charge < -0.3 is 4.57 Å². The van der Waals surface area contributed by atoms with Crippen molar-refractivity contribution in [3.8, 4) is 0 Å². The van der Waals surface area contributed by atoms with E-state index in [1.54, 1.807) is 0 Å². The van der Waals surface area contributed by atoms with Crippen LogP contribution in [0.2, 0.25) is 0 Å². The topological polar surface area (TPSA) is 17.8 Å². The molecule has 0 saturated heterocycles. The smallest absolute Gasteiger partial charge is 0.139 e. The van der Waals surface area contributed by atoms with E-state index in [9.17, 15) is 4.39 Å². The molecule has 0 unspecified atom stereocenters. The van der Waals surface area contributed by atoms with E-state index in [0.717, 1.165) is 23.4 Å². The molecule has 0 aliphatic heterocycles. The van der Waals surface area contributed by atoms with Gasteiger partial charge >= 0.3 is 0 Å². The van der Waals surface area contributed by atoms with Gasteiger partial charge in [-0.25, -0.2) is 9.37 Å². The van der Waals surface area contributed by atoms with Crippen molar-refractivity contribution in [2.75, 3.05) is 5.88 Å². The molecular weight excluding hydrogens is 355 g/mol. The van der Waals surface area contributed by atoms with Crippen molar-refractivity contribution in [2.45, 2.75) is 45.6 Å². The van der Waals surface area contributed by atoms with E-state index < -0.39 is 0 Å². The highest BCUT2D eigenvalue weighted by Crippen LogP contribution is 2.40. The molecule has 0 bridgehead atoms. The van der Waals surface area contributed by atoms with Crippen LogP contribution < -0.4 is 0 Å². The summed E-state index contributed by atoms with van der Waals surface area (Å²) < 4.78 is 16.5. The van der Waals surface area contributed by atoms with Crippen LogP contribution in [0.15, 0.2) is 16.6 Å². The Morgan fingerprint density at radius 1 is 1.38 bits per heavy atom. The van der Waals surface area contributed by atoms with Crippen molar-refractivity contribution in [1.82, 2.24) is 9.55 Å². The number of hydrogen-bond donors (Lipinski definition) is 0. The summed E-state index contributed by atoms with van der Waals surface area (Å²) in [4.78, 5) is 4.60. The number of rotatable bonds is 4. The van der Waals surface area contributed by atoms with E-state index in [1.807, 2.05) is 6.07 Å². The number of imidazole rings is 1. The lowest BCUT2D eigenvalue weighted by atomic mass is 9.88. The quantitative estimate of drug-likeness (QED) is 0.665. The van der Waals surface area contributed by atoms with Crippen LogP contribution >= 0.6 is 27.5 Å². The highest BCUT2D eigenvalue weighted by atomic mass is 79.9. The first-order valence-corrected chi connectivity index (χ1v) is 8.75. The van der Waals surface area contributed by atoms with Crippen molar-refractivity contribution in [3.63, 3.8) is 0 Å². The lowest BCUT2D eigenvalue weighted by molar-refractivity contribution is 0.282. The Hall–Kier alpha value is -0.610. The maximum absolute atomic E-state index is 13.7. The molecule has 5 heteroatoms. The van der Waals surface area contributed by atoms with Crippen molar-refractivity contribution < 1.29 is 4.39 Å². The molecule has 2 aromatic rings. The molecule has 1 fully saturated rings. The minimum absolute atomic E-state index is 0.267. The van der Waals surface area contributed by atoms with Gasteiger partial charge in [-0.15, -0.1) is 11.6 Å². The van der Waals surface area contributed by atoms with Crippen LogP contribution in [-0.4, -0.2) is 15.4 Å². The maximum atomic E-state index is 13.7. The highest BCUT2D eigenvalue weighted by molar-refractivity contribution is 9.10. The molecule has 3 rings (SSSR count). The molecule has 1 heterocycles. The summed E-state index contributed by atoms with van der Waals surface area (Å²) in [5.41, 5.74) is 2.03. The Bertz CT molecular complexity index is 662. The first-order chi connectivity index (χ1) is 10.0. The second-order valence-electron chi connectivity index (χ2n) is 6.33.